The van der Waals surface area contributed by atoms with Crippen molar-refractivity contribution < 1.29 is 19.2 Å². The maximum absolute atomic E-state index is 12.2. The molecule has 0 aliphatic carbocycles. The Morgan fingerprint density at radius 3 is 2.64 bits per heavy atom. The quantitative estimate of drug-likeness (QED) is 0.272. The largest absolute Gasteiger partial charge is 0.468 e. The molecular weight excluding hydrogens is 328 g/mol. The lowest BCUT2D eigenvalue weighted by atomic mass is 10.2. The van der Waals surface area contributed by atoms with Crippen molar-refractivity contribution in [1.82, 2.24) is 4.90 Å². The number of ether oxygens (including phenoxy) is 1. The molecule has 0 spiro atoms. The van der Waals surface area contributed by atoms with Crippen molar-refractivity contribution in [1.29, 1.82) is 0 Å². The normalized spacial score (nSPS) is 16.2. The van der Waals surface area contributed by atoms with E-state index in [2.05, 4.69) is 4.74 Å². The summed E-state index contributed by atoms with van der Waals surface area (Å²) in [6, 6.07) is 5.76. The number of methoxy groups -OCH3 is 1. The highest BCUT2D eigenvalue weighted by atomic mass is 32.2. The van der Waals surface area contributed by atoms with Gasteiger partial charge in [-0.1, -0.05) is 24.0 Å². The molecule has 0 bridgehead atoms. The fourth-order valence-corrected chi connectivity index (χ4v) is 2.93. The number of rotatable bonds is 4. The number of thiocarbonyl (C=S) groups is 1. The van der Waals surface area contributed by atoms with Crippen molar-refractivity contribution in [3.05, 3.63) is 44.8 Å². The zero-order valence-corrected chi connectivity index (χ0v) is 13.0. The number of thioether (sulfide) groups is 1. The first-order valence-corrected chi connectivity index (χ1v) is 7.21. The average Bonchev–Trinajstić information content (AvgIpc) is 2.75. The number of hydrogen-bond donors (Lipinski definition) is 0. The molecule has 0 atom stereocenters. The smallest absolute Gasteiger partial charge is 0.325 e. The van der Waals surface area contributed by atoms with Crippen LogP contribution in [0.25, 0.3) is 6.08 Å². The molecule has 7 nitrogen and oxygen atoms in total. The van der Waals surface area contributed by atoms with Crippen LogP contribution in [0.1, 0.15) is 5.56 Å². The Morgan fingerprint density at radius 1 is 1.45 bits per heavy atom. The van der Waals surface area contributed by atoms with E-state index in [1.165, 1.54) is 31.4 Å². The number of esters is 1. The number of carbonyl (C=O) groups is 2. The van der Waals surface area contributed by atoms with E-state index in [-0.39, 0.29) is 16.6 Å². The second-order valence-corrected chi connectivity index (χ2v) is 5.87. The van der Waals surface area contributed by atoms with Crippen molar-refractivity contribution in [2.45, 2.75) is 0 Å². The highest BCUT2D eigenvalue weighted by molar-refractivity contribution is 8.26. The Labute approximate surface area is 135 Å². The molecule has 1 heterocycles. The summed E-state index contributed by atoms with van der Waals surface area (Å²) < 4.78 is 4.78. The molecule has 1 aliphatic heterocycles. The van der Waals surface area contributed by atoms with Crippen molar-refractivity contribution in [2.24, 2.45) is 0 Å². The molecule has 0 saturated carbocycles. The summed E-state index contributed by atoms with van der Waals surface area (Å²) in [6.07, 6.45) is 1.57. The van der Waals surface area contributed by atoms with Gasteiger partial charge in [-0.05, 0) is 23.8 Å². The molecule has 0 unspecified atom stereocenters. The van der Waals surface area contributed by atoms with Gasteiger partial charge in [0.25, 0.3) is 11.6 Å². The highest BCUT2D eigenvalue weighted by Gasteiger charge is 2.33. The monoisotopic (exact) mass is 338 g/mol. The third kappa shape index (κ3) is 3.49. The van der Waals surface area contributed by atoms with E-state index in [1.807, 2.05) is 0 Å². The molecule has 114 valence electrons. The summed E-state index contributed by atoms with van der Waals surface area (Å²) in [4.78, 5) is 35.0. The summed E-state index contributed by atoms with van der Waals surface area (Å²) in [5.41, 5.74) is 0.597. The summed E-state index contributed by atoms with van der Waals surface area (Å²) in [7, 11) is 1.23. The maximum Gasteiger partial charge on any atom is 0.325 e. The zero-order valence-electron chi connectivity index (χ0n) is 11.3. The van der Waals surface area contributed by atoms with Crippen LogP contribution in [0.15, 0.2) is 29.2 Å². The van der Waals surface area contributed by atoms with Gasteiger partial charge in [-0.25, -0.2) is 0 Å². The molecule has 0 aromatic heterocycles. The third-order valence-corrected chi connectivity index (χ3v) is 4.17. The lowest BCUT2D eigenvalue weighted by Gasteiger charge is -2.11. The molecule has 0 radical (unpaired) electrons. The Balaban J connectivity index is 2.19. The van der Waals surface area contributed by atoms with Crippen LogP contribution in [0.4, 0.5) is 5.69 Å². The lowest BCUT2D eigenvalue weighted by Crippen LogP contribution is -2.33. The first-order valence-electron chi connectivity index (χ1n) is 5.99. The third-order valence-electron chi connectivity index (χ3n) is 2.79. The van der Waals surface area contributed by atoms with E-state index in [9.17, 15) is 19.7 Å². The van der Waals surface area contributed by atoms with Gasteiger partial charge in [0.05, 0.1) is 16.9 Å². The predicted octanol–water partition coefficient (Wildman–Crippen LogP) is 1.97. The SMILES string of the molecule is COC(=O)CN1C(=O)C(=Cc2ccc([N+](=O)[O-])cc2)SC1=S. The summed E-state index contributed by atoms with van der Waals surface area (Å²) in [6.45, 7) is -0.237. The Morgan fingerprint density at radius 2 is 2.09 bits per heavy atom. The fourth-order valence-electron chi connectivity index (χ4n) is 1.67. The van der Waals surface area contributed by atoms with Crippen LogP contribution in [0, 0.1) is 10.1 Å². The molecule has 1 saturated heterocycles. The molecule has 22 heavy (non-hydrogen) atoms. The molecule has 2 rings (SSSR count). The molecule has 9 heteroatoms. The Bertz CT molecular complexity index is 684. The van der Waals surface area contributed by atoms with Gasteiger partial charge < -0.3 is 4.74 Å². The topological polar surface area (TPSA) is 89.8 Å². The molecule has 0 N–H and O–H groups in total. The van der Waals surface area contributed by atoms with Crippen LogP contribution in [0.3, 0.4) is 0 Å². The van der Waals surface area contributed by atoms with E-state index in [1.54, 1.807) is 6.08 Å². The minimum atomic E-state index is -0.562. The predicted molar refractivity (Wildman–Crippen MR) is 85.0 cm³/mol. The van der Waals surface area contributed by atoms with Gasteiger partial charge in [0.1, 0.15) is 10.9 Å². The van der Waals surface area contributed by atoms with Crippen LogP contribution in [0.5, 0.6) is 0 Å². The lowest BCUT2D eigenvalue weighted by molar-refractivity contribution is -0.384. The Hall–Kier alpha value is -2.26. The average molecular weight is 338 g/mol. The van der Waals surface area contributed by atoms with Gasteiger partial charge in [0, 0.05) is 12.1 Å². The molecule has 1 aromatic carbocycles. The first kappa shape index (κ1) is 16.1. The Kier molecular flexibility index (Phi) is 4.88. The van der Waals surface area contributed by atoms with E-state index in [0.717, 1.165) is 16.7 Å². The number of non-ortho nitro benzene ring substituents is 1. The van der Waals surface area contributed by atoms with E-state index < -0.39 is 16.8 Å². The van der Waals surface area contributed by atoms with Crippen LogP contribution < -0.4 is 0 Å². The minimum Gasteiger partial charge on any atom is -0.468 e. The second-order valence-electron chi connectivity index (χ2n) is 4.19. The molecule has 1 aromatic rings. The van der Waals surface area contributed by atoms with Gasteiger partial charge in [-0.3, -0.25) is 24.6 Å². The van der Waals surface area contributed by atoms with E-state index in [4.69, 9.17) is 12.2 Å². The van der Waals surface area contributed by atoms with Crippen molar-refractivity contribution >= 4 is 51.9 Å². The van der Waals surface area contributed by atoms with Crippen molar-refractivity contribution in [2.75, 3.05) is 13.7 Å². The minimum absolute atomic E-state index is 0.0320. The van der Waals surface area contributed by atoms with Crippen LogP contribution >= 0.6 is 24.0 Å². The number of hydrogen-bond acceptors (Lipinski definition) is 7. The molecular formula is C13H10N2O5S2. The number of amides is 1. The fraction of sp³-hybridized carbons (Fsp3) is 0.154. The molecule has 1 aliphatic rings. The van der Waals surface area contributed by atoms with Crippen LogP contribution in [-0.2, 0) is 14.3 Å². The van der Waals surface area contributed by atoms with Crippen LogP contribution in [-0.4, -0.2) is 39.7 Å². The summed E-state index contributed by atoms with van der Waals surface area (Å²) >= 11 is 6.13. The van der Waals surface area contributed by atoms with Gasteiger partial charge in [0.2, 0.25) is 0 Å². The van der Waals surface area contributed by atoms with Crippen molar-refractivity contribution in [3.63, 3.8) is 0 Å². The van der Waals surface area contributed by atoms with Crippen molar-refractivity contribution in [3.8, 4) is 0 Å². The first-order chi connectivity index (χ1) is 10.4. The summed E-state index contributed by atoms with van der Waals surface area (Å²) in [5, 5.41) is 10.6. The van der Waals surface area contributed by atoms with Crippen LogP contribution in [0.2, 0.25) is 0 Å². The second kappa shape index (κ2) is 6.67. The zero-order chi connectivity index (χ0) is 16.3. The van der Waals surface area contributed by atoms with Gasteiger partial charge in [-0.2, -0.15) is 0 Å². The van der Waals surface area contributed by atoms with E-state index >= 15 is 0 Å². The van der Waals surface area contributed by atoms with Gasteiger partial charge >= 0.3 is 5.97 Å². The number of nitrogens with zero attached hydrogens (tertiary/aromatic N) is 2. The summed E-state index contributed by atoms with van der Waals surface area (Å²) in [5.74, 6) is -0.952. The highest BCUT2D eigenvalue weighted by Crippen LogP contribution is 2.32. The van der Waals surface area contributed by atoms with E-state index in [0.29, 0.717) is 10.5 Å². The maximum atomic E-state index is 12.2. The van der Waals surface area contributed by atoms with Gasteiger partial charge in [-0.15, -0.1) is 0 Å². The number of benzene rings is 1. The van der Waals surface area contributed by atoms with Gasteiger partial charge in [0.15, 0.2) is 0 Å². The molecule has 1 fully saturated rings. The molecule has 1 amide bonds. The number of nitro groups is 1. The number of nitro benzene ring substituents is 1. The standard InChI is InChI=1S/C13H10N2O5S2/c1-20-11(16)7-14-12(17)10(22-13(14)21)6-8-2-4-9(5-3-8)15(18)19/h2-6H,7H2,1H3. The number of carbonyl (C=O) groups excluding carboxylic acids is 2.